The number of aliphatic hydroxyl groups excluding tert-OH is 3. The Bertz CT molecular complexity index is 309. The van der Waals surface area contributed by atoms with E-state index in [9.17, 15) is 20.1 Å². The molecule has 0 aromatic heterocycles. The quantitative estimate of drug-likeness (QED) is 0.273. The number of esters is 1. The summed E-state index contributed by atoms with van der Waals surface area (Å²) in [6.45, 7) is 2.40. The Morgan fingerprint density at radius 1 is 1.44 bits per heavy atom. The Kier molecular flexibility index (Phi) is 4.65. The van der Waals surface area contributed by atoms with Crippen molar-refractivity contribution < 1.29 is 34.7 Å². The molecule has 1 fully saturated rings. The van der Waals surface area contributed by atoms with Crippen molar-refractivity contribution >= 4 is 5.97 Å². The van der Waals surface area contributed by atoms with Crippen molar-refractivity contribution in [1.82, 2.24) is 0 Å². The molecule has 0 bridgehead atoms. The number of nitrogens with two attached hydrogens (primary N) is 1. The average molecular weight is 265 g/mol. The van der Waals surface area contributed by atoms with Gasteiger partial charge in [0.2, 0.25) is 0 Å². The lowest BCUT2D eigenvalue weighted by Crippen LogP contribution is -2.69. The fourth-order valence-electron chi connectivity index (χ4n) is 1.51. The van der Waals surface area contributed by atoms with Crippen molar-refractivity contribution in [3.8, 4) is 0 Å². The van der Waals surface area contributed by atoms with E-state index in [2.05, 4.69) is 0 Å². The Morgan fingerprint density at radius 2 is 2.00 bits per heavy atom. The van der Waals surface area contributed by atoms with Crippen LogP contribution in [0, 0.1) is 5.92 Å². The van der Waals surface area contributed by atoms with Crippen molar-refractivity contribution in [3.63, 3.8) is 0 Å². The second-order valence-corrected chi connectivity index (χ2v) is 4.55. The first-order valence-corrected chi connectivity index (χ1v) is 5.58. The number of aliphatic hydroxyl groups is 4. The van der Waals surface area contributed by atoms with E-state index in [0.29, 0.717) is 0 Å². The lowest BCUT2D eigenvalue weighted by molar-refractivity contribution is -0.407. The van der Waals surface area contributed by atoms with E-state index < -0.39 is 48.8 Å². The van der Waals surface area contributed by atoms with Crippen LogP contribution in [0.2, 0.25) is 0 Å². The predicted octanol–water partition coefficient (Wildman–Crippen LogP) is -2.73. The number of ether oxygens (including phenoxy) is 2. The molecule has 0 aliphatic carbocycles. The summed E-state index contributed by atoms with van der Waals surface area (Å²) in [5.74, 6) is -3.90. The molecule has 6 N–H and O–H groups in total. The summed E-state index contributed by atoms with van der Waals surface area (Å²) >= 11 is 0. The van der Waals surface area contributed by atoms with Crippen LogP contribution in [0.5, 0.6) is 0 Å². The lowest BCUT2D eigenvalue weighted by Gasteiger charge is -2.44. The molecule has 8 heteroatoms. The molecule has 1 aliphatic rings. The number of hydrogen-bond donors (Lipinski definition) is 5. The van der Waals surface area contributed by atoms with Crippen molar-refractivity contribution in [2.24, 2.45) is 11.7 Å². The maximum Gasteiger partial charge on any atom is 0.345 e. The minimum absolute atomic E-state index is 0.540. The standard InChI is InChI=1S/C10H19NO7/c1-4(2)9(15)18-10(16)8(11)7(14)6(13)5(3-12)17-10/h4-8,12-14,16H,3,11H2,1-2H3/t5-,6-,7+,8-,10-/m1/s1. The molecular weight excluding hydrogens is 246 g/mol. The fraction of sp³-hybridized carbons (Fsp3) is 0.900. The summed E-state index contributed by atoms with van der Waals surface area (Å²) in [6, 6.07) is -1.54. The normalized spacial score (nSPS) is 40.9. The van der Waals surface area contributed by atoms with Crippen molar-refractivity contribution in [1.29, 1.82) is 0 Å². The van der Waals surface area contributed by atoms with Gasteiger partial charge < -0.3 is 35.6 Å². The third-order valence-electron chi connectivity index (χ3n) is 2.74. The van der Waals surface area contributed by atoms with Gasteiger partial charge in [-0.3, -0.25) is 4.79 Å². The van der Waals surface area contributed by atoms with Gasteiger partial charge in [0.05, 0.1) is 12.5 Å². The molecule has 8 nitrogen and oxygen atoms in total. The van der Waals surface area contributed by atoms with Gasteiger partial charge in [-0.25, -0.2) is 0 Å². The summed E-state index contributed by atoms with van der Waals surface area (Å²) in [5, 5.41) is 38.1. The molecule has 18 heavy (non-hydrogen) atoms. The van der Waals surface area contributed by atoms with Crippen LogP contribution in [0.3, 0.4) is 0 Å². The zero-order valence-electron chi connectivity index (χ0n) is 10.2. The van der Waals surface area contributed by atoms with Crippen molar-refractivity contribution in [3.05, 3.63) is 0 Å². The Morgan fingerprint density at radius 3 is 2.44 bits per heavy atom. The molecule has 1 rings (SSSR count). The van der Waals surface area contributed by atoms with Gasteiger partial charge in [-0.05, 0) is 0 Å². The van der Waals surface area contributed by atoms with Crippen LogP contribution in [0.25, 0.3) is 0 Å². The van der Waals surface area contributed by atoms with E-state index in [-0.39, 0.29) is 0 Å². The van der Waals surface area contributed by atoms with Crippen LogP contribution < -0.4 is 5.73 Å². The van der Waals surface area contributed by atoms with Gasteiger partial charge in [0.1, 0.15) is 24.4 Å². The first-order chi connectivity index (χ1) is 8.23. The first-order valence-electron chi connectivity index (χ1n) is 5.58. The third-order valence-corrected chi connectivity index (χ3v) is 2.74. The summed E-state index contributed by atoms with van der Waals surface area (Å²) in [7, 11) is 0. The highest BCUT2D eigenvalue weighted by Gasteiger charge is 2.54. The van der Waals surface area contributed by atoms with Crippen LogP contribution in [-0.4, -0.2) is 63.3 Å². The zero-order chi connectivity index (χ0) is 14.1. The molecule has 1 heterocycles. The van der Waals surface area contributed by atoms with Gasteiger partial charge in [0.25, 0.3) is 0 Å². The van der Waals surface area contributed by atoms with Gasteiger partial charge in [-0.1, -0.05) is 13.8 Å². The van der Waals surface area contributed by atoms with Gasteiger partial charge >= 0.3 is 11.9 Å². The van der Waals surface area contributed by atoms with Crippen molar-refractivity contribution in [2.45, 2.75) is 44.2 Å². The van der Waals surface area contributed by atoms with Crippen LogP contribution in [0.15, 0.2) is 0 Å². The minimum Gasteiger partial charge on any atom is -0.406 e. The highest BCUT2D eigenvalue weighted by molar-refractivity contribution is 5.71. The maximum atomic E-state index is 11.4. The topological polar surface area (TPSA) is 142 Å². The second-order valence-electron chi connectivity index (χ2n) is 4.55. The van der Waals surface area contributed by atoms with E-state index in [0.717, 1.165) is 0 Å². The predicted molar refractivity (Wildman–Crippen MR) is 57.8 cm³/mol. The number of hydrogen-bond acceptors (Lipinski definition) is 8. The molecule has 1 saturated heterocycles. The van der Waals surface area contributed by atoms with Crippen LogP contribution in [-0.2, 0) is 14.3 Å². The van der Waals surface area contributed by atoms with Gasteiger partial charge in [-0.2, -0.15) is 0 Å². The van der Waals surface area contributed by atoms with Gasteiger partial charge in [0.15, 0.2) is 0 Å². The van der Waals surface area contributed by atoms with E-state index in [1.807, 2.05) is 0 Å². The molecule has 0 radical (unpaired) electrons. The van der Waals surface area contributed by atoms with Crippen LogP contribution in [0.1, 0.15) is 13.8 Å². The number of rotatable bonds is 3. The second kappa shape index (κ2) is 5.47. The number of carbonyl (C=O) groups excluding carboxylic acids is 1. The fourth-order valence-corrected chi connectivity index (χ4v) is 1.51. The molecular formula is C10H19NO7. The first kappa shape index (κ1) is 15.3. The highest BCUT2D eigenvalue weighted by atomic mass is 16.8. The summed E-state index contributed by atoms with van der Waals surface area (Å²) in [4.78, 5) is 11.4. The molecule has 0 aromatic carbocycles. The highest BCUT2D eigenvalue weighted by Crippen LogP contribution is 2.28. The molecule has 0 spiro atoms. The average Bonchev–Trinajstić information content (AvgIpc) is 2.31. The molecule has 0 aromatic rings. The minimum atomic E-state index is -2.58. The Balaban J connectivity index is 2.88. The zero-order valence-corrected chi connectivity index (χ0v) is 10.2. The van der Waals surface area contributed by atoms with E-state index in [1.54, 1.807) is 0 Å². The van der Waals surface area contributed by atoms with Crippen LogP contribution in [0.4, 0.5) is 0 Å². The summed E-state index contributed by atoms with van der Waals surface area (Å²) in [6.07, 6.45) is -4.38. The molecule has 0 amide bonds. The lowest BCUT2D eigenvalue weighted by atomic mass is 9.96. The van der Waals surface area contributed by atoms with E-state index in [1.165, 1.54) is 13.8 Å². The van der Waals surface area contributed by atoms with Gasteiger partial charge in [-0.15, -0.1) is 0 Å². The Labute approximate surface area is 104 Å². The SMILES string of the molecule is CC(C)C(=O)O[C@]1(O)O[C@H](CO)[C@@H](O)[C@H](O)[C@H]1N. The summed E-state index contributed by atoms with van der Waals surface area (Å²) < 4.78 is 9.56. The number of carbonyl (C=O) groups is 1. The van der Waals surface area contributed by atoms with E-state index in [4.69, 9.17) is 20.3 Å². The van der Waals surface area contributed by atoms with Crippen LogP contribution >= 0.6 is 0 Å². The van der Waals surface area contributed by atoms with E-state index >= 15 is 0 Å². The molecule has 0 unspecified atom stereocenters. The molecule has 106 valence electrons. The third kappa shape index (κ3) is 2.79. The maximum absolute atomic E-state index is 11.4. The smallest absolute Gasteiger partial charge is 0.345 e. The largest absolute Gasteiger partial charge is 0.406 e. The molecule has 5 atom stereocenters. The van der Waals surface area contributed by atoms with Gasteiger partial charge in [0, 0.05) is 0 Å². The molecule has 1 aliphatic heterocycles. The molecule has 0 saturated carbocycles. The summed E-state index contributed by atoms with van der Waals surface area (Å²) in [5.41, 5.74) is 5.47. The monoisotopic (exact) mass is 265 g/mol. The Hall–Kier alpha value is -0.770. The van der Waals surface area contributed by atoms with Crippen molar-refractivity contribution in [2.75, 3.05) is 6.61 Å².